The fourth-order valence-electron chi connectivity index (χ4n) is 5.30. The van der Waals surface area contributed by atoms with Crippen LogP contribution in [0.1, 0.15) is 77.7 Å². The van der Waals surface area contributed by atoms with E-state index in [-0.39, 0.29) is 6.42 Å². The first-order valence-corrected chi connectivity index (χ1v) is 12.4. The lowest BCUT2D eigenvalue weighted by atomic mass is 9.72. The molecule has 32 heavy (non-hydrogen) atoms. The van der Waals surface area contributed by atoms with E-state index in [2.05, 4.69) is 62.1 Å². The second-order valence-corrected chi connectivity index (χ2v) is 11.0. The maximum absolute atomic E-state index is 11.1. The van der Waals surface area contributed by atoms with Gasteiger partial charge in [0.25, 0.3) is 0 Å². The number of fused-ring (bicyclic) bond motifs is 1. The van der Waals surface area contributed by atoms with Crippen LogP contribution in [0.4, 0.5) is 0 Å². The largest absolute Gasteiger partial charge is 0.490 e. The van der Waals surface area contributed by atoms with Gasteiger partial charge in [0.05, 0.1) is 12.5 Å². The maximum atomic E-state index is 11.1. The van der Waals surface area contributed by atoms with Crippen molar-refractivity contribution < 1.29 is 14.6 Å². The quantitative estimate of drug-likeness (QED) is 0.502. The van der Waals surface area contributed by atoms with Gasteiger partial charge in [-0.1, -0.05) is 45.4 Å². The molecule has 2 aromatic rings. The van der Waals surface area contributed by atoms with Gasteiger partial charge in [-0.3, -0.25) is 9.69 Å². The fourth-order valence-corrected chi connectivity index (χ4v) is 5.30. The Kier molecular flexibility index (Phi) is 7.09. The highest BCUT2D eigenvalue weighted by atomic mass is 16.5. The summed E-state index contributed by atoms with van der Waals surface area (Å²) in [6.07, 6.45) is 8.97. The Morgan fingerprint density at radius 3 is 2.31 bits per heavy atom. The zero-order chi connectivity index (χ0) is 22.7. The van der Waals surface area contributed by atoms with Crippen molar-refractivity contribution >= 4 is 16.7 Å². The molecule has 1 N–H and O–H groups in total. The van der Waals surface area contributed by atoms with Crippen molar-refractivity contribution in [3.8, 4) is 5.75 Å². The van der Waals surface area contributed by atoms with Gasteiger partial charge in [-0.15, -0.1) is 0 Å². The van der Waals surface area contributed by atoms with E-state index in [0.717, 1.165) is 31.1 Å². The van der Waals surface area contributed by atoms with E-state index < -0.39 is 5.97 Å². The number of carboxylic acids is 1. The molecular formula is C28H39NO3. The Morgan fingerprint density at radius 2 is 1.69 bits per heavy atom. The smallest absolute Gasteiger partial charge is 0.304 e. The lowest BCUT2D eigenvalue weighted by Crippen LogP contribution is -2.40. The van der Waals surface area contributed by atoms with E-state index in [0.29, 0.717) is 24.1 Å². The molecule has 4 nitrogen and oxygen atoms in total. The number of hydrogen-bond donors (Lipinski definition) is 1. The van der Waals surface area contributed by atoms with Crippen LogP contribution in [0.15, 0.2) is 36.4 Å². The minimum atomic E-state index is -0.716. The number of carbonyl (C=O) groups is 1. The summed E-state index contributed by atoms with van der Waals surface area (Å²) >= 11 is 0. The van der Waals surface area contributed by atoms with Crippen LogP contribution in [0.5, 0.6) is 5.75 Å². The van der Waals surface area contributed by atoms with E-state index in [4.69, 9.17) is 9.84 Å². The van der Waals surface area contributed by atoms with Crippen molar-refractivity contribution in [2.45, 2.75) is 90.8 Å². The second kappa shape index (κ2) is 9.82. The standard InChI is InChI=1S/C28H39NO3/c1-28(2,3)23-10-13-25(14-11-23)32-26-12-9-21-17-20(7-8-22(21)18-26)19-29(16-15-27(30)31)24-5-4-6-24/h7-9,12,17-18,23-25H,4-6,10-11,13-16,19H2,1-3H3,(H,30,31). The van der Waals surface area contributed by atoms with Gasteiger partial charge in [0.1, 0.15) is 5.75 Å². The third-order valence-corrected chi connectivity index (χ3v) is 7.67. The van der Waals surface area contributed by atoms with E-state index in [1.807, 2.05) is 0 Å². The Morgan fingerprint density at radius 1 is 1.00 bits per heavy atom. The molecule has 0 atom stereocenters. The van der Waals surface area contributed by atoms with Crippen LogP contribution < -0.4 is 4.74 Å². The lowest BCUT2D eigenvalue weighted by molar-refractivity contribution is -0.137. The minimum absolute atomic E-state index is 0.211. The lowest BCUT2D eigenvalue weighted by Gasteiger charge is -2.37. The van der Waals surface area contributed by atoms with Gasteiger partial charge in [0.15, 0.2) is 0 Å². The number of ether oxygens (including phenoxy) is 1. The van der Waals surface area contributed by atoms with Crippen LogP contribution in [-0.4, -0.2) is 34.7 Å². The highest BCUT2D eigenvalue weighted by molar-refractivity contribution is 5.84. The third kappa shape index (κ3) is 5.83. The van der Waals surface area contributed by atoms with Gasteiger partial charge >= 0.3 is 5.97 Å². The molecule has 0 amide bonds. The van der Waals surface area contributed by atoms with Gasteiger partial charge < -0.3 is 9.84 Å². The first-order valence-electron chi connectivity index (χ1n) is 12.4. The molecule has 2 fully saturated rings. The Hall–Kier alpha value is -2.07. The predicted molar refractivity (Wildman–Crippen MR) is 130 cm³/mol. The van der Waals surface area contributed by atoms with Gasteiger partial charge in [-0.25, -0.2) is 0 Å². The van der Waals surface area contributed by atoms with Crippen LogP contribution in [0.2, 0.25) is 0 Å². The molecule has 0 saturated heterocycles. The summed E-state index contributed by atoms with van der Waals surface area (Å²) in [5.41, 5.74) is 1.65. The summed E-state index contributed by atoms with van der Waals surface area (Å²) in [6.45, 7) is 8.52. The Bertz CT molecular complexity index is 920. The molecule has 0 radical (unpaired) electrons. The molecule has 2 aliphatic carbocycles. The average Bonchev–Trinajstić information content (AvgIpc) is 2.70. The monoisotopic (exact) mass is 437 g/mol. The topological polar surface area (TPSA) is 49.8 Å². The minimum Gasteiger partial charge on any atom is -0.490 e. The molecule has 0 heterocycles. The molecule has 0 unspecified atom stereocenters. The summed E-state index contributed by atoms with van der Waals surface area (Å²) in [5, 5.41) is 11.5. The van der Waals surface area contributed by atoms with Crippen molar-refractivity contribution in [1.82, 2.24) is 4.90 Å². The number of rotatable bonds is 8. The first-order chi connectivity index (χ1) is 15.3. The van der Waals surface area contributed by atoms with Crippen molar-refractivity contribution in [3.05, 3.63) is 42.0 Å². The van der Waals surface area contributed by atoms with Crippen LogP contribution in [0.25, 0.3) is 10.8 Å². The van der Waals surface area contributed by atoms with E-state index in [1.165, 1.54) is 48.4 Å². The summed E-state index contributed by atoms with van der Waals surface area (Å²) in [4.78, 5) is 13.4. The summed E-state index contributed by atoms with van der Waals surface area (Å²) in [6, 6.07) is 13.6. The number of aliphatic carboxylic acids is 1. The number of nitrogens with zero attached hydrogens (tertiary/aromatic N) is 1. The molecular weight excluding hydrogens is 398 g/mol. The number of benzene rings is 2. The van der Waals surface area contributed by atoms with Crippen molar-refractivity contribution in [2.24, 2.45) is 11.3 Å². The molecule has 0 bridgehead atoms. The highest BCUT2D eigenvalue weighted by Gasteiger charge is 2.30. The van der Waals surface area contributed by atoms with Gasteiger partial charge in [-0.2, -0.15) is 0 Å². The molecule has 2 aromatic carbocycles. The zero-order valence-electron chi connectivity index (χ0n) is 20.0. The van der Waals surface area contributed by atoms with E-state index in [1.54, 1.807) is 0 Å². The van der Waals surface area contributed by atoms with Gasteiger partial charge in [0.2, 0.25) is 0 Å². The second-order valence-electron chi connectivity index (χ2n) is 11.0. The predicted octanol–water partition coefficient (Wildman–Crippen LogP) is 6.65. The third-order valence-electron chi connectivity index (χ3n) is 7.67. The number of hydrogen-bond acceptors (Lipinski definition) is 3. The van der Waals surface area contributed by atoms with Crippen LogP contribution in [-0.2, 0) is 11.3 Å². The van der Waals surface area contributed by atoms with Crippen molar-refractivity contribution in [3.63, 3.8) is 0 Å². The average molecular weight is 438 g/mol. The van der Waals surface area contributed by atoms with Crippen LogP contribution in [0.3, 0.4) is 0 Å². The first kappa shape index (κ1) is 23.1. The maximum Gasteiger partial charge on any atom is 0.304 e. The zero-order valence-corrected chi connectivity index (χ0v) is 20.0. The van der Waals surface area contributed by atoms with Crippen molar-refractivity contribution in [1.29, 1.82) is 0 Å². The normalized spacial score (nSPS) is 22.1. The van der Waals surface area contributed by atoms with E-state index in [9.17, 15) is 4.79 Å². The number of carboxylic acid groups (broad SMARTS) is 1. The van der Waals surface area contributed by atoms with E-state index >= 15 is 0 Å². The Labute approximate surface area is 192 Å². The molecule has 2 saturated carbocycles. The summed E-state index contributed by atoms with van der Waals surface area (Å²) in [5.74, 6) is 1.06. The molecule has 0 spiro atoms. The van der Waals surface area contributed by atoms with Crippen LogP contribution >= 0.6 is 0 Å². The molecule has 0 aliphatic heterocycles. The molecule has 0 aromatic heterocycles. The Balaban J connectivity index is 1.38. The molecule has 174 valence electrons. The fraction of sp³-hybridized carbons (Fsp3) is 0.607. The molecule has 2 aliphatic rings. The van der Waals surface area contributed by atoms with Crippen molar-refractivity contribution in [2.75, 3.05) is 6.54 Å². The SMILES string of the molecule is CC(C)(C)C1CCC(Oc2ccc3cc(CN(CCC(=O)O)C4CCC4)ccc3c2)CC1. The summed E-state index contributed by atoms with van der Waals surface area (Å²) < 4.78 is 6.36. The van der Waals surface area contributed by atoms with Gasteiger partial charge in [0, 0.05) is 19.1 Å². The molecule has 4 heteroatoms. The van der Waals surface area contributed by atoms with Gasteiger partial charge in [-0.05, 0) is 84.4 Å². The van der Waals surface area contributed by atoms with Crippen LogP contribution in [0, 0.1) is 11.3 Å². The summed E-state index contributed by atoms with van der Waals surface area (Å²) in [7, 11) is 0. The highest BCUT2D eigenvalue weighted by Crippen LogP contribution is 2.39. The molecule has 4 rings (SSSR count).